The molecule has 1 aromatic carbocycles. The van der Waals surface area contributed by atoms with Gasteiger partial charge in [0.25, 0.3) is 0 Å². The molecule has 0 aliphatic carbocycles. The van der Waals surface area contributed by atoms with Crippen molar-refractivity contribution >= 4 is 5.69 Å². The van der Waals surface area contributed by atoms with E-state index in [2.05, 4.69) is 35.5 Å². The Labute approximate surface area is 119 Å². The highest BCUT2D eigenvalue weighted by molar-refractivity contribution is 5.58. The van der Waals surface area contributed by atoms with Crippen LogP contribution in [0, 0.1) is 0 Å². The highest BCUT2D eigenvalue weighted by Gasteiger charge is 2.16. The Morgan fingerprint density at radius 3 is 3.05 bits per heavy atom. The number of anilines is 1. The van der Waals surface area contributed by atoms with Gasteiger partial charge in [-0.25, -0.2) is 0 Å². The number of likely N-dealkylation sites (N-methyl/N-ethyl adjacent to an activating group) is 1. The predicted molar refractivity (Wildman–Crippen MR) is 78.8 cm³/mol. The lowest BCUT2D eigenvalue weighted by molar-refractivity contribution is 0.225. The minimum absolute atomic E-state index is 0.0290. The number of hydrogen-bond acceptors (Lipinski definition) is 4. The summed E-state index contributed by atoms with van der Waals surface area (Å²) in [5.41, 5.74) is 3.98. The Morgan fingerprint density at radius 1 is 1.40 bits per heavy atom. The molecule has 0 bridgehead atoms. The predicted octanol–water partition coefficient (Wildman–Crippen LogP) is 2.10. The summed E-state index contributed by atoms with van der Waals surface area (Å²) in [7, 11) is 2.13. The fourth-order valence-electron chi connectivity index (χ4n) is 2.72. The molecule has 1 aliphatic heterocycles. The molecular weight excluding hydrogens is 252 g/mol. The van der Waals surface area contributed by atoms with Crippen LogP contribution in [-0.2, 0) is 13.0 Å². The van der Waals surface area contributed by atoms with Gasteiger partial charge < -0.3 is 19.7 Å². The normalized spacial score (nSPS) is 15.4. The largest absolute Gasteiger partial charge is 0.468 e. The number of aliphatic hydroxyl groups excluding tert-OH is 1. The van der Waals surface area contributed by atoms with Crippen LogP contribution in [0.15, 0.2) is 41.0 Å². The summed E-state index contributed by atoms with van der Waals surface area (Å²) in [6.45, 7) is 1.85. The topological polar surface area (TPSA) is 48.6 Å². The number of nitrogens with one attached hydrogen (secondary N) is 1. The summed E-state index contributed by atoms with van der Waals surface area (Å²) in [5.74, 6) is 0.772. The van der Waals surface area contributed by atoms with Gasteiger partial charge in [-0.2, -0.15) is 0 Å². The molecule has 0 amide bonds. The third kappa shape index (κ3) is 2.57. The van der Waals surface area contributed by atoms with Crippen molar-refractivity contribution in [2.45, 2.75) is 19.0 Å². The maximum absolute atomic E-state index is 9.44. The van der Waals surface area contributed by atoms with E-state index in [-0.39, 0.29) is 12.6 Å². The van der Waals surface area contributed by atoms with Crippen LogP contribution in [0.2, 0.25) is 0 Å². The van der Waals surface area contributed by atoms with E-state index in [9.17, 15) is 5.11 Å². The SMILES string of the molecule is CN1CCc2cc(CNC(CO)c3ccco3)ccc21. The van der Waals surface area contributed by atoms with Gasteiger partial charge >= 0.3 is 0 Å². The van der Waals surface area contributed by atoms with Gasteiger partial charge in [0.1, 0.15) is 5.76 Å². The zero-order chi connectivity index (χ0) is 13.9. The molecule has 0 radical (unpaired) electrons. The first-order valence-electron chi connectivity index (χ1n) is 6.98. The van der Waals surface area contributed by atoms with E-state index in [0.717, 1.165) is 25.3 Å². The molecule has 106 valence electrons. The van der Waals surface area contributed by atoms with Crippen LogP contribution in [0.1, 0.15) is 22.9 Å². The Kier molecular flexibility index (Phi) is 3.76. The molecule has 2 aromatic rings. The van der Waals surface area contributed by atoms with Gasteiger partial charge in [-0.05, 0) is 35.7 Å². The third-order valence-corrected chi connectivity index (χ3v) is 3.89. The maximum Gasteiger partial charge on any atom is 0.123 e. The molecule has 2 heterocycles. The number of hydrogen-bond donors (Lipinski definition) is 2. The molecular formula is C16H20N2O2. The van der Waals surface area contributed by atoms with Crippen molar-refractivity contribution < 1.29 is 9.52 Å². The van der Waals surface area contributed by atoms with Gasteiger partial charge in [0.15, 0.2) is 0 Å². The highest BCUT2D eigenvalue weighted by Crippen LogP contribution is 2.27. The molecule has 4 nitrogen and oxygen atoms in total. The van der Waals surface area contributed by atoms with Crippen LogP contribution < -0.4 is 10.2 Å². The van der Waals surface area contributed by atoms with E-state index in [4.69, 9.17) is 4.42 Å². The standard InChI is InChI=1S/C16H20N2O2/c1-18-7-6-13-9-12(4-5-15(13)18)10-17-14(11-19)16-3-2-8-20-16/h2-5,8-9,14,17,19H,6-7,10-11H2,1H3. The van der Waals surface area contributed by atoms with Crippen molar-refractivity contribution in [1.29, 1.82) is 0 Å². The molecule has 1 unspecified atom stereocenters. The molecule has 0 saturated heterocycles. The van der Waals surface area contributed by atoms with E-state index < -0.39 is 0 Å². The summed E-state index contributed by atoms with van der Waals surface area (Å²) in [5, 5.41) is 12.8. The van der Waals surface area contributed by atoms with E-state index in [1.54, 1.807) is 6.26 Å². The van der Waals surface area contributed by atoms with Crippen molar-refractivity contribution in [3.63, 3.8) is 0 Å². The maximum atomic E-state index is 9.44. The van der Waals surface area contributed by atoms with E-state index in [0.29, 0.717) is 0 Å². The Hall–Kier alpha value is -1.78. The van der Waals surface area contributed by atoms with Gasteiger partial charge in [-0.15, -0.1) is 0 Å². The molecule has 1 aliphatic rings. The molecule has 0 saturated carbocycles. The molecule has 4 heteroatoms. The van der Waals surface area contributed by atoms with Crippen LogP contribution in [0.25, 0.3) is 0 Å². The van der Waals surface area contributed by atoms with Crippen molar-refractivity contribution in [3.05, 3.63) is 53.5 Å². The first-order valence-corrected chi connectivity index (χ1v) is 6.98. The molecule has 0 fully saturated rings. The number of rotatable bonds is 5. The molecule has 1 aromatic heterocycles. The zero-order valence-corrected chi connectivity index (χ0v) is 11.7. The van der Waals surface area contributed by atoms with E-state index in [1.165, 1.54) is 16.8 Å². The van der Waals surface area contributed by atoms with Crippen molar-refractivity contribution in [2.75, 3.05) is 25.1 Å². The lowest BCUT2D eigenvalue weighted by atomic mass is 10.1. The monoisotopic (exact) mass is 272 g/mol. The lowest BCUT2D eigenvalue weighted by Gasteiger charge is -2.15. The van der Waals surface area contributed by atoms with Crippen molar-refractivity contribution in [1.82, 2.24) is 5.32 Å². The molecule has 3 rings (SSSR count). The number of aliphatic hydroxyl groups is 1. The fourth-order valence-corrected chi connectivity index (χ4v) is 2.72. The van der Waals surface area contributed by atoms with Gasteiger partial charge in [-0.1, -0.05) is 12.1 Å². The minimum atomic E-state index is -0.152. The van der Waals surface area contributed by atoms with Gasteiger partial charge in [0, 0.05) is 25.8 Å². The fraction of sp³-hybridized carbons (Fsp3) is 0.375. The average molecular weight is 272 g/mol. The van der Waals surface area contributed by atoms with Crippen LogP contribution in [-0.4, -0.2) is 25.3 Å². The van der Waals surface area contributed by atoms with Crippen LogP contribution in [0.3, 0.4) is 0 Å². The second kappa shape index (κ2) is 5.69. The third-order valence-electron chi connectivity index (χ3n) is 3.89. The first kappa shape index (κ1) is 13.2. The Bertz CT molecular complexity index is 566. The van der Waals surface area contributed by atoms with Gasteiger partial charge in [0.05, 0.1) is 18.9 Å². The quantitative estimate of drug-likeness (QED) is 0.875. The molecule has 1 atom stereocenters. The van der Waals surface area contributed by atoms with Crippen molar-refractivity contribution in [3.8, 4) is 0 Å². The van der Waals surface area contributed by atoms with Gasteiger partial charge in [-0.3, -0.25) is 0 Å². The van der Waals surface area contributed by atoms with Crippen LogP contribution in [0.5, 0.6) is 0 Å². The van der Waals surface area contributed by atoms with Crippen LogP contribution >= 0.6 is 0 Å². The number of fused-ring (bicyclic) bond motifs is 1. The van der Waals surface area contributed by atoms with E-state index >= 15 is 0 Å². The first-order chi connectivity index (χ1) is 9.78. The number of nitrogens with zero attached hydrogens (tertiary/aromatic N) is 1. The second-order valence-electron chi connectivity index (χ2n) is 5.27. The molecule has 2 N–H and O–H groups in total. The Balaban J connectivity index is 1.66. The molecule has 20 heavy (non-hydrogen) atoms. The minimum Gasteiger partial charge on any atom is -0.468 e. The summed E-state index contributed by atoms with van der Waals surface area (Å²) < 4.78 is 5.33. The molecule has 0 spiro atoms. The van der Waals surface area contributed by atoms with Crippen LogP contribution in [0.4, 0.5) is 5.69 Å². The lowest BCUT2D eigenvalue weighted by Crippen LogP contribution is -2.23. The summed E-state index contributed by atoms with van der Waals surface area (Å²) in [6, 6.07) is 10.1. The average Bonchev–Trinajstić information content (AvgIpc) is 3.10. The van der Waals surface area contributed by atoms with E-state index in [1.807, 2.05) is 12.1 Å². The number of benzene rings is 1. The number of furan rings is 1. The second-order valence-corrected chi connectivity index (χ2v) is 5.27. The Morgan fingerprint density at radius 2 is 2.30 bits per heavy atom. The summed E-state index contributed by atoms with van der Waals surface area (Å²) >= 11 is 0. The zero-order valence-electron chi connectivity index (χ0n) is 11.7. The summed E-state index contributed by atoms with van der Waals surface area (Å²) in [4.78, 5) is 2.28. The summed E-state index contributed by atoms with van der Waals surface area (Å²) in [6.07, 6.45) is 2.74. The smallest absolute Gasteiger partial charge is 0.123 e. The van der Waals surface area contributed by atoms with Gasteiger partial charge in [0.2, 0.25) is 0 Å². The highest BCUT2D eigenvalue weighted by atomic mass is 16.3. The van der Waals surface area contributed by atoms with Crippen molar-refractivity contribution in [2.24, 2.45) is 0 Å².